The van der Waals surface area contributed by atoms with Crippen LogP contribution in [0.1, 0.15) is 56.3 Å². The van der Waals surface area contributed by atoms with Crippen molar-refractivity contribution < 1.29 is 9.90 Å². The van der Waals surface area contributed by atoms with Crippen LogP contribution >= 0.6 is 0 Å². The third kappa shape index (κ3) is 2.81. The molecule has 4 rings (SSSR count). The number of fused-ring (bicyclic) bond motifs is 3. The van der Waals surface area contributed by atoms with Crippen LogP contribution in [0.3, 0.4) is 0 Å². The van der Waals surface area contributed by atoms with Crippen molar-refractivity contribution in [2.24, 2.45) is 0 Å². The second-order valence-electron chi connectivity index (χ2n) is 7.04. The van der Waals surface area contributed by atoms with E-state index < -0.39 is 5.97 Å². The molecular weight excluding hydrogens is 330 g/mol. The van der Waals surface area contributed by atoms with Gasteiger partial charge in [0.1, 0.15) is 11.3 Å². The van der Waals surface area contributed by atoms with Crippen molar-refractivity contribution in [3.8, 4) is 0 Å². The lowest BCUT2D eigenvalue weighted by molar-refractivity contribution is -0.132. The fourth-order valence-electron chi connectivity index (χ4n) is 3.86. The molecule has 0 spiro atoms. The largest absolute Gasteiger partial charge is 0.478 e. The number of rotatable bonds is 3. The number of carboxylic acids is 1. The number of carboxylic acid groups (broad SMARTS) is 1. The first kappa shape index (κ1) is 16.6. The molecule has 0 aliphatic heterocycles. The molecule has 1 aromatic carbocycles. The van der Waals surface area contributed by atoms with Gasteiger partial charge in [0, 0.05) is 11.5 Å². The lowest BCUT2D eigenvalue weighted by Crippen LogP contribution is -2.14. The van der Waals surface area contributed by atoms with Gasteiger partial charge in [0.2, 0.25) is 0 Å². The molecule has 6 heteroatoms. The highest BCUT2D eigenvalue weighted by atomic mass is 16.4. The molecule has 1 aliphatic carbocycles. The van der Waals surface area contributed by atoms with E-state index in [0.717, 1.165) is 35.3 Å². The number of carbonyl (C=O) groups is 1. The van der Waals surface area contributed by atoms with Crippen molar-refractivity contribution in [1.82, 2.24) is 14.4 Å². The van der Waals surface area contributed by atoms with Gasteiger partial charge in [0.05, 0.1) is 17.2 Å². The Morgan fingerprint density at radius 2 is 2.04 bits per heavy atom. The molecule has 0 amide bonds. The topological polar surface area (TPSA) is 87.5 Å². The fourth-order valence-corrected chi connectivity index (χ4v) is 3.86. The van der Waals surface area contributed by atoms with Gasteiger partial charge >= 0.3 is 5.97 Å². The first-order chi connectivity index (χ1) is 12.5. The first-order valence-electron chi connectivity index (χ1n) is 8.99. The maximum atomic E-state index is 12.4. The number of aliphatic carboxylic acids is 1. The molecule has 2 heterocycles. The molecule has 3 aromatic rings. The quantitative estimate of drug-likeness (QED) is 0.704. The number of benzene rings is 1. The van der Waals surface area contributed by atoms with Crippen molar-refractivity contribution in [2.75, 3.05) is 0 Å². The molecule has 1 aliphatic rings. The highest BCUT2D eigenvalue weighted by Crippen LogP contribution is 2.33. The summed E-state index contributed by atoms with van der Waals surface area (Å²) in [6, 6.07) is 5.55. The van der Waals surface area contributed by atoms with Crippen LogP contribution in [0.2, 0.25) is 0 Å². The van der Waals surface area contributed by atoms with Gasteiger partial charge in [-0.3, -0.25) is 9.20 Å². The van der Waals surface area contributed by atoms with E-state index in [1.807, 2.05) is 22.6 Å². The number of nitrogens with zero attached hydrogens (tertiary/aromatic N) is 2. The van der Waals surface area contributed by atoms with Gasteiger partial charge in [-0.25, -0.2) is 9.78 Å². The molecule has 0 unspecified atom stereocenters. The monoisotopic (exact) mass is 351 g/mol. The minimum absolute atomic E-state index is 0.155. The Bertz CT molecular complexity index is 1080. The van der Waals surface area contributed by atoms with Gasteiger partial charge in [-0.1, -0.05) is 25.3 Å². The smallest absolute Gasteiger partial charge is 0.331 e. The predicted octanol–water partition coefficient (Wildman–Crippen LogP) is 3.71. The normalized spacial score (nSPS) is 16.4. The highest BCUT2D eigenvalue weighted by Gasteiger charge is 2.22. The molecule has 1 fully saturated rings. The summed E-state index contributed by atoms with van der Waals surface area (Å²) in [7, 11) is 0. The zero-order valence-electron chi connectivity index (χ0n) is 14.7. The maximum absolute atomic E-state index is 12.4. The zero-order chi connectivity index (χ0) is 18.3. The molecule has 134 valence electrons. The average Bonchev–Trinajstić information content (AvgIpc) is 3.09. The van der Waals surface area contributed by atoms with Crippen LogP contribution in [0.4, 0.5) is 0 Å². The van der Waals surface area contributed by atoms with Crippen LogP contribution in [0.15, 0.2) is 34.8 Å². The molecule has 6 nitrogen and oxygen atoms in total. The lowest BCUT2D eigenvalue weighted by atomic mass is 9.88. The number of imidazole rings is 1. The molecule has 2 aromatic heterocycles. The van der Waals surface area contributed by atoms with Crippen LogP contribution in [0.25, 0.3) is 22.6 Å². The summed E-state index contributed by atoms with van der Waals surface area (Å²) in [6.07, 6.45) is 9.09. The molecule has 26 heavy (non-hydrogen) atoms. The second-order valence-corrected chi connectivity index (χ2v) is 7.04. The number of H-pyrrole nitrogens is 1. The summed E-state index contributed by atoms with van der Waals surface area (Å²) in [5.41, 5.74) is 3.01. The molecular formula is C20H21N3O3. The Kier molecular flexibility index (Phi) is 4.11. The summed E-state index contributed by atoms with van der Waals surface area (Å²) >= 11 is 0. The van der Waals surface area contributed by atoms with Gasteiger partial charge in [0.25, 0.3) is 5.56 Å². The summed E-state index contributed by atoms with van der Waals surface area (Å²) < 4.78 is 1.96. The maximum Gasteiger partial charge on any atom is 0.331 e. The fraction of sp³-hybridized carbons (Fsp3) is 0.350. The van der Waals surface area contributed by atoms with Gasteiger partial charge in [0.15, 0.2) is 0 Å². The number of hydrogen-bond acceptors (Lipinski definition) is 3. The van der Waals surface area contributed by atoms with Crippen molar-refractivity contribution in [3.05, 3.63) is 51.7 Å². The summed E-state index contributed by atoms with van der Waals surface area (Å²) in [5, 5.41) is 9.11. The summed E-state index contributed by atoms with van der Waals surface area (Å²) in [4.78, 5) is 31.0. The summed E-state index contributed by atoms with van der Waals surface area (Å²) in [5.74, 6) is 0.352. The van der Waals surface area contributed by atoms with Crippen LogP contribution in [0.5, 0.6) is 0 Å². The van der Waals surface area contributed by atoms with Crippen molar-refractivity contribution in [1.29, 1.82) is 0 Å². The molecule has 2 N–H and O–H groups in total. The van der Waals surface area contributed by atoms with E-state index in [1.54, 1.807) is 19.2 Å². The van der Waals surface area contributed by atoms with Gasteiger partial charge in [-0.2, -0.15) is 0 Å². The number of aromatic amines is 1. The third-order valence-corrected chi connectivity index (χ3v) is 5.22. The molecule has 0 atom stereocenters. The van der Waals surface area contributed by atoms with Gasteiger partial charge in [-0.15, -0.1) is 0 Å². The Hall–Kier alpha value is -2.89. The Balaban J connectivity index is 1.96. The third-order valence-electron chi connectivity index (χ3n) is 5.22. The Morgan fingerprint density at radius 3 is 2.77 bits per heavy atom. The van der Waals surface area contributed by atoms with Crippen molar-refractivity contribution >= 4 is 28.6 Å². The van der Waals surface area contributed by atoms with E-state index in [-0.39, 0.29) is 11.1 Å². The molecule has 0 saturated heterocycles. The zero-order valence-corrected chi connectivity index (χ0v) is 14.7. The van der Waals surface area contributed by atoms with Crippen molar-refractivity contribution in [3.63, 3.8) is 0 Å². The van der Waals surface area contributed by atoms with Crippen LogP contribution < -0.4 is 5.56 Å². The SMILES string of the molecule is CC(=Cc1ccc2[nH]c(=O)c3cnc(C4CCCCC4)n3c2c1)C(=O)O. The molecule has 0 bridgehead atoms. The summed E-state index contributed by atoms with van der Waals surface area (Å²) in [6.45, 7) is 1.57. The van der Waals surface area contributed by atoms with E-state index >= 15 is 0 Å². The first-order valence-corrected chi connectivity index (χ1v) is 8.99. The van der Waals surface area contributed by atoms with Gasteiger partial charge in [-0.05, 0) is 43.5 Å². The minimum atomic E-state index is -0.942. The lowest BCUT2D eigenvalue weighted by Gasteiger charge is -2.21. The number of hydrogen-bond donors (Lipinski definition) is 2. The second kappa shape index (κ2) is 6.44. The molecule has 0 radical (unpaired) electrons. The average molecular weight is 351 g/mol. The van der Waals surface area contributed by atoms with Gasteiger partial charge < -0.3 is 10.1 Å². The number of aromatic nitrogens is 3. The standard InChI is InChI=1S/C20H21N3O3/c1-12(20(25)26)9-13-7-8-15-16(10-13)23-17(19(24)22-15)11-21-18(23)14-5-3-2-4-6-14/h7-11,14H,2-6H2,1H3,(H,22,24)(H,25,26). The Labute approximate surface area is 150 Å². The highest BCUT2D eigenvalue weighted by molar-refractivity contribution is 5.92. The van der Waals surface area contributed by atoms with E-state index in [4.69, 9.17) is 5.11 Å². The minimum Gasteiger partial charge on any atom is -0.478 e. The Morgan fingerprint density at radius 1 is 1.27 bits per heavy atom. The van der Waals surface area contributed by atoms with E-state index in [0.29, 0.717) is 11.4 Å². The van der Waals surface area contributed by atoms with E-state index in [1.165, 1.54) is 19.3 Å². The van der Waals surface area contributed by atoms with Crippen molar-refractivity contribution in [2.45, 2.75) is 44.9 Å². The van der Waals surface area contributed by atoms with E-state index in [2.05, 4.69) is 9.97 Å². The molecule has 1 saturated carbocycles. The number of nitrogens with one attached hydrogen (secondary N) is 1. The van der Waals surface area contributed by atoms with Crippen LogP contribution in [0, 0.1) is 0 Å². The predicted molar refractivity (Wildman–Crippen MR) is 100 cm³/mol. The van der Waals surface area contributed by atoms with Crippen LogP contribution in [-0.2, 0) is 4.79 Å². The van der Waals surface area contributed by atoms with E-state index in [9.17, 15) is 9.59 Å². The van der Waals surface area contributed by atoms with Crippen LogP contribution in [-0.4, -0.2) is 25.4 Å².